The molecule has 0 aliphatic carbocycles. The van der Waals surface area contributed by atoms with Crippen molar-refractivity contribution in [3.8, 4) is 0 Å². The summed E-state index contributed by atoms with van der Waals surface area (Å²) in [5, 5.41) is 0. The highest BCUT2D eigenvalue weighted by atomic mass is 28.2. The van der Waals surface area contributed by atoms with Gasteiger partial charge in [-0.1, -0.05) is 25.0 Å². The van der Waals surface area contributed by atoms with Crippen molar-refractivity contribution in [2.45, 2.75) is 58.5 Å². The van der Waals surface area contributed by atoms with Crippen LogP contribution in [0.3, 0.4) is 0 Å². The molecule has 0 amide bonds. The molecule has 0 bridgehead atoms. The monoisotopic (exact) mass is 288 g/mol. The molecule has 0 radical (unpaired) electrons. The van der Waals surface area contributed by atoms with Gasteiger partial charge in [-0.15, -0.1) is 0 Å². The molecule has 0 rings (SSSR count). The molecule has 0 N–H and O–H groups in total. The average molecular weight is 289 g/mol. The molecule has 18 heavy (non-hydrogen) atoms. The van der Waals surface area contributed by atoms with Gasteiger partial charge < -0.3 is 8.85 Å². The Morgan fingerprint density at radius 2 is 1.44 bits per heavy atom. The van der Waals surface area contributed by atoms with E-state index in [0.29, 0.717) is 0 Å². The topological polar surface area (TPSA) is 18.5 Å². The van der Waals surface area contributed by atoms with E-state index in [2.05, 4.69) is 32.9 Å². The lowest BCUT2D eigenvalue weighted by molar-refractivity contribution is 0.356. The van der Waals surface area contributed by atoms with Gasteiger partial charge in [-0.25, -0.2) is 0 Å². The van der Waals surface area contributed by atoms with Crippen molar-refractivity contribution < 1.29 is 8.85 Å². The molecule has 0 aliphatic heterocycles. The fraction of sp³-hybridized carbons (Fsp3) is 0.857. The average Bonchev–Trinajstić information content (AvgIpc) is 2.38. The standard InChI is InChI=1S/C14H32O2Si2/c1-4-9-14(10-7-12-17-15-5-2)11-8-13-18-16-6-3/h4,9,14H,5-8,10-13,17-18H2,1-3H3/b9-4-. The van der Waals surface area contributed by atoms with E-state index in [1.807, 2.05) is 0 Å². The predicted molar refractivity (Wildman–Crippen MR) is 86.7 cm³/mol. The molecule has 0 aromatic carbocycles. The van der Waals surface area contributed by atoms with Crippen LogP contribution in [0.4, 0.5) is 0 Å². The second-order valence-electron chi connectivity index (χ2n) is 4.67. The number of rotatable bonds is 13. The van der Waals surface area contributed by atoms with Gasteiger partial charge in [-0.05, 0) is 51.6 Å². The molecule has 0 heterocycles. The van der Waals surface area contributed by atoms with E-state index in [1.165, 1.54) is 37.8 Å². The fourth-order valence-electron chi connectivity index (χ4n) is 2.12. The summed E-state index contributed by atoms with van der Waals surface area (Å²) in [5.74, 6) is 0.793. The third-order valence-corrected chi connectivity index (χ3v) is 6.07. The van der Waals surface area contributed by atoms with Gasteiger partial charge in [0.1, 0.15) is 0 Å². The molecule has 108 valence electrons. The maximum Gasteiger partial charge on any atom is 0.161 e. The zero-order chi connectivity index (χ0) is 13.5. The molecule has 4 heteroatoms. The maximum atomic E-state index is 5.51. The zero-order valence-electron chi connectivity index (χ0n) is 12.6. The number of allylic oxidation sites excluding steroid dienone is 2. The molecule has 0 saturated carbocycles. The van der Waals surface area contributed by atoms with Crippen molar-refractivity contribution in [1.82, 2.24) is 0 Å². The van der Waals surface area contributed by atoms with Gasteiger partial charge in [0.05, 0.1) is 0 Å². The molecule has 0 aliphatic rings. The Kier molecular flexibility index (Phi) is 15.2. The lowest BCUT2D eigenvalue weighted by Crippen LogP contribution is -2.02. The van der Waals surface area contributed by atoms with Crippen molar-refractivity contribution in [2.75, 3.05) is 13.2 Å². The number of hydrogen-bond donors (Lipinski definition) is 0. The summed E-state index contributed by atoms with van der Waals surface area (Å²) < 4.78 is 11.0. The van der Waals surface area contributed by atoms with Crippen LogP contribution in [-0.4, -0.2) is 32.7 Å². The first-order valence-corrected chi connectivity index (χ1v) is 10.8. The Hall–Kier alpha value is 0.0938. The van der Waals surface area contributed by atoms with Crippen molar-refractivity contribution in [2.24, 2.45) is 5.92 Å². The normalized spacial score (nSPS) is 14.6. The molecule has 0 fully saturated rings. The highest BCUT2D eigenvalue weighted by Crippen LogP contribution is 2.18. The molecule has 0 aromatic heterocycles. The van der Waals surface area contributed by atoms with Gasteiger partial charge in [0, 0.05) is 13.2 Å². The van der Waals surface area contributed by atoms with Crippen LogP contribution in [0.25, 0.3) is 0 Å². The van der Waals surface area contributed by atoms with Crippen molar-refractivity contribution in [3.05, 3.63) is 12.2 Å². The molecule has 0 saturated heterocycles. The quantitative estimate of drug-likeness (QED) is 0.295. The smallest absolute Gasteiger partial charge is 0.161 e. The van der Waals surface area contributed by atoms with Crippen LogP contribution >= 0.6 is 0 Å². The maximum absolute atomic E-state index is 5.51. The third-order valence-electron chi connectivity index (χ3n) is 3.10. The van der Waals surface area contributed by atoms with E-state index in [9.17, 15) is 0 Å². The van der Waals surface area contributed by atoms with Crippen LogP contribution in [0, 0.1) is 5.92 Å². The number of hydrogen-bond acceptors (Lipinski definition) is 2. The molecule has 0 atom stereocenters. The first kappa shape index (κ1) is 18.1. The summed E-state index contributed by atoms with van der Waals surface area (Å²) in [6.45, 7) is 8.14. The highest BCUT2D eigenvalue weighted by Gasteiger charge is 2.04. The molecular formula is C14H32O2Si2. The Morgan fingerprint density at radius 1 is 0.944 bits per heavy atom. The van der Waals surface area contributed by atoms with Crippen LogP contribution in [0.1, 0.15) is 46.5 Å². The lowest BCUT2D eigenvalue weighted by atomic mass is 9.98. The summed E-state index contributed by atoms with van der Waals surface area (Å²) in [4.78, 5) is 0. The Balaban J connectivity index is 3.52. The second-order valence-corrected chi connectivity index (χ2v) is 7.72. The predicted octanol–water partition coefficient (Wildman–Crippen LogP) is 2.82. The van der Waals surface area contributed by atoms with E-state index in [-0.39, 0.29) is 19.5 Å². The first-order valence-electron chi connectivity index (χ1n) is 7.63. The largest absolute Gasteiger partial charge is 0.424 e. The Morgan fingerprint density at radius 3 is 1.83 bits per heavy atom. The van der Waals surface area contributed by atoms with Crippen molar-refractivity contribution in [3.63, 3.8) is 0 Å². The summed E-state index contributed by atoms with van der Waals surface area (Å²) in [6, 6.07) is 2.69. The van der Waals surface area contributed by atoms with Gasteiger partial charge in [-0.3, -0.25) is 0 Å². The molecule has 0 spiro atoms. The SMILES string of the molecule is C/C=C\C(CCC[SiH2]OCC)CCC[SiH2]OCC. The Bertz CT molecular complexity index is 173. The summed E-state index contributed by atoms with van der Waals surface area (Å²) in [7, 11) is -0.427. The summed E-state index contributed by atoms with van der Waals surface area (Å²) in [6.07, 6.45) is 10.0. The van der Waals surface area contributed by atoms with E-state index < -0.39 is 0 Å². The zero-order valence-corrected chi connectivity index (χ0v) is 15.4. The van der Waals surface area contributed by atoms with Crippen molar-refractivity contribution >= 4 is 19.5 Å². The molecule has 2 nitrogen and oxygen atoms in total. The van der Waals surface area contributed by atoms with Crippen LogP contribution in [0.15, 0.2) is 12.2 Å². The minimum Gasteiger partial charge on any atom is -0.424 e. The molecule has 0 aromatic rings. The first-order chi connectivity index (χ1) is 8.85. The van der Waals surface area contributed by atoms with E-state index in [1.54, 1.807) is 0 Å². The highest BCUT2D eigenvalue weighted by molar-refractivity contribution is 6.27. The van der Waals surface area contributed by atoms with Crippen molar-refractivity contribution in [1.29, 1.82) is 0 Å². The fourth-order valence-corrected chi connectivity index (χ4v) is 4.09. The lowest BCUT2D eigenvalue weighted by Gasteiger charge is -2.12. The van der Waals surface area contributed by atoms with E-state index >= 15 is 0 Å². The molecule has 0 unspecified atom stereocenters. The Labute approximate surface area is 118 Å². The molecular weight excluding hydrogens is 256 g/mol. The van der Waals surface area contributed by atoms with Crippen LogP contribution in [-0.2, 0) is 8.85 Å². The van der Waals surface area contributed by atoms with Crippen LogP contribution in [0.2, 0.25) is 12.1 Å². The van der Waals surface area contributed by atoms with E-state index in [4.69, 9.17) is 8.85 Å². The van der Waals surface area contributed by atoms with Crippen LogP contribution in [0.5, 0.6) is 0 Å². The van der Waals surface area contributed by atoms with Crippen LogP contribution < -0.4 is 0 Å². The van der Waals surface area contributed by atoms with Gasteiger partial charge in [0.2, 0.25) is 0 Å². The van der Waals surface area contributed by atoms with Gasteiger partial charge in [0.25, 0.3) is 0 Å². The summed E-state index contributed by atoms with van der Waals surface area (Å²) >= 11 is 0. The van der Waals surface area contributed by atoms with E-state index in [0.717, 1.165) is 19.1 Å². The minimum atomic E-state index is -0.213. The summed E-state index contributed by atoms with van der Waals surface area (Å²) in [5.41, 5.74) is 0. The third kappa shape index (κ3) is 12.5. The van der Waals surface area contributed by atoms with Gasteiger partial charge in [-0.2, -0.15) is 0 Å². The second kappa shape index (κ2) is 15.2. The minimum absolute atomic E-state index is 0.213. The van der Waals surface area contributed by atoms with Gasteiger partial charge in [0.15, 0.2) is 19.5 Å². The van der Waals surface area contributed by atoms with Gasteiger partial charge >= 0.3 is 0 Å².